The molecule has 0 aliphatic rings. The van der Waals surface area contributed by atoms with Crippen molar-refractivity contribution in [2.24, 2.45) is 0 Å². The lowest BCUT2D eigenvalue weighted by Crippen LogP contribution is -2.24. The number of benzene rings is 1. The van der Waals surface area contributed by atoms with Gasteiger partial charge in [0.25, 0.3) is 0 Å². The number of rotatable bonds is 6. The number of likely N-dealkylation sites (N-methyl/N-ethyl adjacent to an activating group) is 1. The fourth-order valence-corrected chi connectivity index (χ4v) is 2.55. The molecular formula is C17H18N4O4. The van der Waals surface area contributed by atoms with E-state index < -0.39 is 11.4 Å². The van der Waals surface area contributed by atoms with E-state index in [9.17, 15) is 14.7 Å². The Morgan fingerprint density at radius 1 is 1.32 bits per heavy atom. The van der Waals surface area contributed by atoms with Crippen LogP contribution >= 0.6 is 0 Å². The number of ether oxygens (including phenoxy) is 1. The Bertz CT molecular complexity index is 976. The number of pyridine rings is 1. The van der Waals surface area contributed by atoms with Crippen molar-refractivity contribution in [3.05, 3.63) is 58.5 Å². The number of para-hydroxylation sites is 1. The summed E-state index contributed by atoms with van der Waals surface area (Å²) in [4.78, 5) is 27.2. The fraction of sp³-hybridized carbons (Fsp3) is 0.235. The first-order chi connectivity index (χ1) is 12.0. The molecule has 0 radical (unpaired) electrons. The molecule has 0 spiro atoms. The van der Waals surface area contributed by atoms with Gasteiger partial charge in [-0.25, -0.2) is 9.47 Å². The van der Waals surface area contributed by atoms with E-state index in [1.807, 2.05) is 18.0 Å². The van der Waals surface area contributed by atoms with Gasteiger partial charge in [-0.2, -0.15) is 4.79 Å². The minimum Gasteiger partial charge on any atom is -0.477 e. The highest BCUT2D eigenvalue weighted by molar-refractivity contribution is 5.92. The number of hydrogen-bond donors (Lipinski definition) is 1. The number of carboxylic acid groups (broad SMARTS) is 1. The maximum atomic E-state index is 12.3. The molecular weight excluding hydrogens is 324 g/mol. The normalized spacial score (nSPS) is 11.0. The van der Waals surface area contributed by atoms with Crippen LogP contribution in [0.1, 0.15) is 10.4 Å². The van der Waals surface area contributed by atoms with Crippen LogP contribution in [0.15, 0.2) is 47.5 Å². The fourth-order valence-electron chi connectivity index (χ4n) is 2.55. The molecule has 0 saturated carbocycles. The molecule has 25 heavy (non-hydrogen) atoms. The molecule has 1 N–H and O–H groups in total. The monoisotopic (exact) mass is 342 g/mol. The summed E-state index contributed by atoms with van der Waals surface area (Å²) in [6.07, 6.45) is 3.00. The van der Waals surface area contributed by atoms with Crippen LogP contribution in [0, 0.1) is 0 Å². The summed E-state index contributed by atoms with van der Waals surface area (Å²) in [5, 5.41) is 14.1. The average molecular weight is 342 g/mol. The molecule has 3 rings (SSSR count). The molecule has 1 aromatic carbocycles. The molecule has 8 nitrogen and oxygen atoms in total. The highest BCUT2D eigenvalue weighted by Crippen LogP contribution is 2.14. The largest absolute Gasteiger partial charge is 0.477 e. The number of anilines is 1. The van der Waals surface area contributed by atoms with E-state index in [0.717, 1.165) is 0 Å². The van der Waals surface area contributed by atoms with Gasteiger partial charge in [0, 0.05) is 38.4 Å². The van der Waals surface area contributed by atoms with Crippen LogP contribution in [0.3, 0.4) is 0 Å². The lowest BCUT2D eigenvalue weighted by atomic mass is 10.1. The predicted octanol–water partition coefficient (Wildman–Crippen LogP) is 1.29. The second kappa shape index (κ2) is 6.78. The van der Waals surface area contributed by atoms with E-state index in [4.69, 9.17) is 4.74 Å². The van der Waals surface area contributed by atoms with Crippen LogP contribution in [-0.4, -0.2) is 53.0 Å². The van der Waals surface area contributed by atoms with Gasteiger partial charge in [0.15, 0.2) is 5.82 Å². The third-order valence-corrected chi connectivity index (χ3v) is 3.93. The van der Waals surface area contributed by atoms with Crippen molar-refractivity contribution >= 4 is 22.7 Å². The summed E-state index contributed by atoms with van der Waals surface area (Å²) in [6.45, 7) is 1.23. The molecule has 0 fully saturated rings. The Labute approximate surface area is 143 Å². The zero-order valence-electron chi connectivity index (χ0n) is 13.9. The quantitative estimate of drug-likeness (QED) is 0.726. The first-order valence-electron chi connectivity index (χ1n) is 7.67. The summed E-state index contributed by atoms with van der Waals surface area (Å²) in [5.74, 6) is -0.564. The van der Waals surface area contributed by atoms with E-state index in [-0.39, 0.29) is 5.56 Å². The number of hydrogen-bond acceptors (Lipinski definition) is 5. The predicted molar refractivity (Wildman–Crippen MR) is 93.3 cm³/mol. The summed E-state index contributed by atoms with van der Waals surface area (Å²) in [5.41, 5.74) is -0.237. The Morgan fingerprint density at radius 3 is 2.80 bits per heavy atom. The summed E-state index contributed by atoms with van der Waals surface area (Å²) in [7, 11) is 3.52. The summed E-state index contributed by atoms with van der Waals surface area (Å²) < 4.78 is 6.61. The Morgan fingerprint density at radius 2 is 2.08 bits per heavy atom. The highest BCUT2D eigenvalue weighted by atomic mass is 16.5. The van der Waals surface area contributed by atoms with Gasteiger partial charge >= 0.3 is 5.97 Å². The Balaban J connectivity index is 2.13. The SMILES string of the molecule is COCCN(C)c1ccn(-n2cc(C(=O)O)c(=O)c3ccccc32)n1. The van der Waals surface area contributed by atoms with Crippen LogP contribution in [-0.2, 0) is 4.74 Å². The maximum Gasteiger partial charge on any atom is 0.341 e. The first-order valence-corrected chi connectivity index (χ1v) is 7.67. The van der Waals surface area contributed by atoms with Crippen LogP contribution in [0.5, 0.6) is 0 Å². The smallest absolute Gasteiger partial charge is 0.341 e. The summed E-state index contributed by atoms with van der Waals surface area (Å²) in [6, 6.07) is 8.65. The van der Waals surface area contributed by atoms with Crippen LogP contribution in [0.4, 0.5) is 5.82 Å². The molecule has 0 bridgehead atoms. The van der Waals surface area contributed by atoms with Crippen molar-refractivity contribution in [2.75, 3.05) is 32.2 Å². The van der Waals surface area contributed by atoms with Gasteiger partial charge in [0.2, 0.25) is 5.43 Å². The van der Waals surface area contributed by atoms with Crippen LogP contribution in [0.25, 0.3) is 10.9 Å². The molecule has 0 aliphatic heterocycles. The van der Waals surface area contributed by atoms with Crippen molar-refractivity contribution in [3.63, 3.8) is 0 Å². The van der Waals surface area contributed by atoms with E-state index >= 15 is 0 Å². The molecule has 0 atom stereocenters. The van der Waals surface area contributed by atoms with Gasteiger partial charge < -0.3 is 14.7 Å². The van der Waals surface area contributed by atoms with Crippen molar-refractivity contribution < 1.29 is 14.6 Å². The second-order valence-electron chi connectivity index (χ2n) is 5.55. The molecule has 8 heteroatoms. The van der Waals surface area contributed by atoms with Gasteiger partial charge in [-0.05, 0) is 12.1 Å². The molecule has 130 valence electrons. The van der Waals surface area contributed by atoms with E-state index in [1.54, 1.807) is 42.2 Å². The van der Waals surface area contributed by atoms with Crippen LogP contribution in [0.2, 0.25) is 0 Å². The Kier molecular flexibility index (Phi) is 4.53. The molecule has 2 aromatic heterocycles. The average Bonchev–Trinajstić information content (AvgIpc) is 3.10. The van der Waals surface area contributed by atoms with Gasteiger partial charge in [-0.3, -0.25) is 4.79 Å². The topological polar surface area (TPSA) is 89.6 Å². The lowest BCUT2D eigenvalue weighted by Gasteiger charge is -2.16. The number of nitrogens with zero attached hydrogens (tertiary/aromatic N) is 4. The number of fused-ring (bicyclic) bond motifs is 1. The molecule has 0 aliphatic carbocycles. The standard InChI is InChI=1S/C17H18N4O4/c1-19(9-10-25-2)15-7-8-21(18-15)20-11-13(17(23)24)16(22)12-5-3-4-6-14(12)20/h3-8,11H,9-10H2,1-2H3,(H,23,24). The van der Waals surface area contributed by atoms with E-state index in [0.29, 0.717) is 29.9 Å². The van der Waals surface area contributed by atoms with Crippen molar-refractivity contribution in [1.82, 2.24) is 14.6 Å². The van der Waals surface area contributed by atoms with Gasteiger partial charge in [-0.15, -0.1) is 5.10 Å². The summed E-state index contributed by atoms with van der Waals surface area (Å²) >= 11 is 0. The zero-order chi connectivity index (χ0) is 18.0. The molecule has 0 unspecified atom stereocenters. The number of carbonyl (C=O) groups is 1. The number of aromatic carboxylic acids is 1. The van der Waals surface area contributed by atoms with Gasteiger partial charge in [0.1, 0.15) is 5.56 Å². The minimum atomic E-state index is -1.27. The third-order valence-electron chi connectivity index (χ3n) is 3.93. The number of aromatic nitrogens is 3. The zero-order valence-corrected chi connectivity index (χ0v) is 13.9. The Hall–Kier alpha value is -3.13. The minimum absolute atomic E-state index is 0.302. The maximum absolute atomic E-state index is 12.3. The van der Waals surface area contributed by atoms with Crippen molar-refractivity contribution in [2.45, 2.75) is 0 Å². The molecule has 2 heterocycles. The van der Waals surface area contributed by atoms with Gasteiger partial charge in [0.05, 0.1) is 18.3 Å². The van der Waals surface area contributed by atoms with Gasteiger partial charge in [-0.1, -0.05) is 12.1 Å². The molecule has 0 amide bonds. The third kappa shape index (κ3) is 3.11. The molecule has 0 saturated heterocycles. The van der Waals surface area contributed by atoms with Crippen molar-refractivity contribution in [1.29, 1.82) is 0 Å². The molecule has 3 aromatic rings. The number of methoxy groups -OCH3 is 1. The van der Waals surface area contributed by atoms with Crippen molar-refractivity contribution in [3.8, 4) is 0 Å². The number of carboxylic acids is 1. The first kappa shape index (κ1) is 16.7. The van der Waals surface area contributed by atoms with E-state index in [2.05, 4.69) is 5.10 Å². The lowest BCUT2D eigenvalue weighted by molar-refractivity contribution is 0.0694. The second-order valence-corrected chi connectivity index (χ2v) is 5.55. The van der Waals surface area contributed by atoms with Crippen LogP contribution < -0.4 is 10.3 Å². The van der Waals surface area contributed by atoms with E-state index in [1.165, 1.54) is 11.0 Å². The highest BCUT2D eigenvalue weighted by Gasteiger charge is 2.15.